The smallest absolute Gasteiger partial charge is 0.351 e. The summed E-state index contributed by atoms with van der Waals surface area (Å²) in [6, 6.07) is 10.2. The molecular weight excluding hydrogens is 456 g/mol. The Hall–Kier alpha value is -4.47. The van der Waals surface area contributed by atoms with Gasteiger partial charge in [0.05, 0.1) is 38.8 Å². The number of methoxy groups -OCH3 is 3. The highest BCUT2D eigenvalue weighted by molar-refractivity contribution is 6.22. The van der Waals surface area contributed by atoms with Crippen molar-refractivity contribution >= 4 is 23.3 Å². The van der Waals surface area contributed by atoms with E-state index in [0.717, 1.165) is 0 Å². The fourth-order valence-electron chi connectivity index (χ4n) is 3.59. The average molecular weight is 480 g/mol. The van der Waals surface area contributed by atoms with Gasteiger partial charge in [0.2, 0.25) is 0 Å². The zero-order valence-electron chi connectivity index (χ0n) is 19.8. The summed E-state index contributed by atoms with van der Waals surface area (Å²) in [5.41, 5.74) is 1.52. The summed E-state index contributed by atoms with van der Waals surface area (Å²) in [5.74, 6) is -1.15. The second-order valence-corrected chi connectivity index (χ2v) is 7.90. The van der Waals surface area contributed by atoms with Crippen molar-refractivity contribution < 1.29 is 37.7 Å². The lowest BCUT2D eigenvalue weighted by molar-refractivity contribution is -0.222. The lowest BCUT2D eigenvalue weighted by Crippen LogP contribution is -2.42. The molecule has 1 aromatic heterocycles. The highest BCUT2D eigenvalue weighted by Crippen LogP contribution is 2.37. The molecule has 35 heavy (non-hydrogen) atoms. The van der Waals surface area contributed by atoms with Crippen LogP contribution in [0.1, 0.15) is 19.4 Å². The molecule has 0 aliphatic carbocycles. The van der Waals surface area contributed by atoms with E-state index in [1.165, 1.54) is 41.6 Å². The van der Waals surface area contributed by atoms with Crippen LogP contribution < -0.4 is 19.5 Å². The Bertz CT molecular complexity index is 1270. The largest absolute Gasteiger partial charge is 0.496 e. The van der Waals surface area contributed by atoms with Crippen molar-refractivity contribution in [2.75, 3.05) is 26.6 Å². The Balaban J connectivity index is 1.83. The number of anilines is 1. The van der Waals surface area contributed by atoms with Crippen LogP contribution in [0.15, 0.2) is 59.0 Å². The van der Waals surface area contributed by atoms with Gasteiger partial charge in [-0.3, -0.25) is 0 Å². The van der Waals surface area contributed by atoms with Crippen molar-refractivity contribution in [2.24, 2.45) is 0 Å². The summed E-state index contributed by atoms with van der Waals surface area (Å²) in [7, 11) is 4.51. The number of esters is 2. The van der Waals surface area contributed by atoms with E-state index in [4.69, 9.17) is 28.1 Å². The number of carbonyl (C=O) groups excluding carboxylic acids is 2. The fourth-order valence-corrected chi connectivity index (χ4v) is 3.59. The number of hydrogen-bond acceptors (Lipinski definition) is 10. The van der Waals surface area contributed by atoms with Crippen molar-refractivity contribution in [3.63, 3.8) is 0 Å². The van der Waals surface area contributed by atoms with Crippen LogP contribution in [0.5, 0.6) is 17.2 Å². The highest BCUT2D eigenvalue weighted by atomic mass is 16.7. The number of rotatable bonds is 7. The molecule has 0 saturated carbocycles. The number of nitrogens with one attached hydrogen (secondary N) is 1. The van der Waals surface area contributed by atoms with E-state index < -0.39 is 17.7 Å². The van der Waals surface area contributed by atoms with E-state index in [-0.39, 0.29) is 11.3 Å². The number of nitrogens with zero attached hydrogens (tertiary/aromatic N) is 1. The maximum absolute atomic E-state index is 12.9. The van der Waals surface area contributed by atoms with Crippen molar-refractivity contribution in [1.82, 2.24) is 4.98 Å². The van der Waals surface area contributed by atoms with Gasteiger partial charge in [-0.1, -0.05) is 0 Å². The van der Waals surface area contributed by atoms with Crippen molar-refractivity contribution in [3.05, 3.63) is 60.1 Å². The van der Waals surface area contributed by atoms with E-state index in [0.29, 0.717) is 39.8 Å². The molecule has 0 radical (unpaired) electrons. The molecule has 182 valence electrons. The maximum atomic E-state index is 12.9. The first-order chi connectivity index (χ1) is 16.8. The lowest BCUT2D eigenvalue weighted by atomic mass is 10.0. The molecule has 1 saturated heterocycles. The van der Waals surface area contributed by atoms with Gasteiger partial charge < -0.3 is 33.4 Å². The summed E-state index contributed by atoms with van der Waals surface area (Å²) in [6.07, 6.45) is 2.89. The first-order valence-corrected chi connectivity index (χ1v) is 10.5. The van der Waals surface area contributed by atoms with Gasteiger partial charge in [-0.15, -0.1) is 0 Å². The third kappa shape index (κ3) is 4.77. The number of ether oxygens (including phenoxy) is 5. The molecule has 1 aliphatic rings. The lowest BCUT2D eigenvalue weighted by Gasteiger charge is -2.31. The molecule has 0 amide bonds. The number of oxazole rings is 1. The second kappa shape index (κ2) is 9.41. The number of cyclic esters (lactones) is 2. The summed E-state index contributed by atoms with van der Waals surface area (Å²) >= 11 is 0. The summed E-state index contributed by atoms with van der Waals surface area (Å²) in [6.45, 7) is 2.96. The molecule has 0 bridgehead atoms. The molecule has 0 unspecified atom stereocenters. The van der Waals surface area contributed by atoms with Crippen LogP contribution in [0.3, 0.4) is 0 Å². The molecule has 2 aromatic carbocycles. The molecule has 1 fully saturated rings. The zero-order valence-corrected chi connectivity index (χ0v) is 19.8. The molecule has 4 rings (SSSR count). The van der Waals surface area contributed by atoms with Crippen molar-refractivity contribution in [1.29, 1.82) is 0 Å². The minimum absolute atomic E-state index is 0.158. The second-order valence-electron chi connectivity index (χ2n) is 7.90. The van der Waals surface area contributed by atoms with Crippen molar-refractivity contribution in [3.8, 4) is 28.6 Å². The third-order valence-electron chi connectivity index (χ3n) is 5.18. The predicted molar refractivity (Wildman–Crippen MR) is 125 cm³/mol. The molecule has 3 aromatic rings. The Morgan fingerprint density at radius 2 is 1.57 bits per heavy atom. The van der Waals surface area contributed by atoms with Gasteiger partial charge in [-0.2, -0.15) is 0 Å². The van der Waals surface area contributed by atoms with E-state index >= 15 is 0 Å². The summed E-state index contributed by atoms with van der Waals surface area (Å²) in [4.78, 5) is 29.8. The Labute approximate surface area is 201 Å². The fraction of sp³-hybridized carbons (Fsp3) is 0.240. The van der Waals surface area contributed by atoms with Gasteiger partial charge in [-0.05, 0) is 30.3 Å². The molecule has 2 heterocycles. The summed E-state index contributed by atoms with van der Waals surface area (Å²) in [5, 5.41) is 3.14. The number of carbonyl (C=O) groups is 2. The minimum Gasteiger partial charge on any atom is -0.496 e. The van der Waals surface area contributed by atoms with E-state index in [2.05, 4.69) is 10.3 Å². The van der Waals surface area contributed by atoms with E-state index in [1.807, 2.05) is 0 Å². The predicted octanol–water partition coefficient (Wildman–Crippen LogP) is 4.03. The van der Waals surface area contributed by atoms with Crippen LogP contribution in [-0.4, -0.2) is 44.0 Å². The molecule has 10 nitrogen and oxygen atoms in total. The number of aromatic nitrogens is 1. The van der Waals surface area contributed by atoms with Crippen LogP contribution in [0.4, 0.5) is 5.69 Å². The number of benzene rings is 2. The monoisotopic (exact) mass is 480 g/mol. The molecule has 1 N–H and O–H groups in total. The van der Waals surface area contributed by atoms with Crippen LogP contribution in [0.25, 0.3) is 17.0 Å². The van der Waals surface area contributed by atoms with Gasteiger partial charge in [0, 0.05) is 31.2 Å². The average Bonchev–Trinajstić information content (AvgIpc) is 3.36. The topological polar surface area (TPSA) is 118 Å². The van der Waals surface area contributed by atoms with E-state index in [9.17, 15) is 9.59 Å². The first-order valence-electron chi connectivity index (χ1n) is 10.5. The van der Waals surface area contributed by atoms with Gasteiger partial charge >= 0.3 is 11.9 Å². The van der Waals surface area contributed by atoms with Gasteiger partial charge in [-0.25, -0.2) is 14.6 Å². The Kier molecular flexibility index (Phi) is 6.37. The van der Waals surface area contributed by atoms with Crippen molar-refractivity contribution in [2.45, 2.75) is 19.6 Å². The normalized spacial score (nSPS) is 14.6. The molecule has 10 heteroatoms. The summed E-state index contributed by atoms with van der Waals surface area (Å²) < 4.78 is 32.3. The first kappa shape index (κ1) is 23.7. The van der Waals surface area contributed by atoms with Crippen LogP contribution in [-0.2, 0) is 19.1 Å². The minimum atomic E-state index is -1.39. The van der Waals surface area contributed by atoms with Gasteiger partial charge in [0.1, 0.15) is 5.75 Å². The standard InChI is InChI=1S/C25H24N2O8/c1-25(2)34-23(28)21(24(29)35-25)22(14-6-9-17(30-3)19(10-14)32-5)27-15-7-8-16(18(11-15)31-4)20-12-26-13-33-20/h6-13,27H,1-5H3. The molecule has 0 spiro atoms. The number of hydrogen-bond donors (Lipinski definition) is 1. The van der Waals surface area contributed by atoms with Gasteiger partial charge in [0.15, 0.2) is 29.2 Å². The van der Waals surface area contributed by atoms with Crippen LogP contribution in [0.2, 0.25) is 0 Å². The van der Waals surface area contributed by atoms with Gasteiger partial charge in [0.25, 0.3) is 5.79 Å². The maximum Gasteiger partial charge on any atom is 0.351 e. The Morgan fingerprint density at radius 3 is 2.17 bits per heavy atom. The highest BCUT2D eigenvalue weighted by Gasteiger charge is 2.41. The molecule has 1 aliphatic heterocycles. The Morgan fingerprint density at radius 1 is 0.886 bits per heavy atom. The molecule has 0 atom stereocenters. The van der Waals surface area contributed by atoms with Crippen LogP contribution >= 0.6 is 0 Å². The SMILES string of the molecule is COc1ccc(C(Nc2ccc(-c3cnco3)c(OC)c2)=C2C(=O)OC(C)(C)OC2=O)cc1OC. The molecular formula is C25H24N2O8. The third-order valence-corrected chi connectivity index (χ3v) is 5.18. The zero-order chi connectivity index (χ0) is 25.2. The quantitative estimate of drug-likeness (QED) is 0.302. The van der Waals surface area contributed by atoms with Crippen LogP contribution in [0, 0.1) is 0 Å². The van der Waals surface area contributed by atoms with E-state index in [1.54, 1.807) is 42.6 Å².